The molecule has 0 aliphatic carbocycles. The van der Waals surface area contributed by atoms with E-state index < -0.39 is 12.8 Å². The standard InChI is InChI=1S/C7H9F3N2O3/c8-7(9,10)4-14-2-1-6-11-5(3-13)12-15-6/h13H,1-4H2. The van der Waals surface area contributed by atoms with E-state index >= 15 is 0 Å². The number of halogens is 3. The van der Waals surface area contributed by atoms with Gasteiger partial charge in [0.25, 0.3) is 0 Å². The van der Waals surface area contributed by atoms with Crippen LogP contribution in [0.5, 0.6) is 0 Å². The molecule has 0 aliphatic heterocycles. The molecule has 86 valence electrons. The predicted molar refractivity (Wildman–Crippen MR) is 40.8 cm³/mol. The van der Waals surface area contributed by atoms with E-state index in [1.165, 1.54) is 0 Å². The highest BCUT2D eigenvalue weighted by atomic mass is 19.4. The van der Waals surface area contributed by atoms with Crippen LogP contribution in [0.15, 0.2) is 4.52 Å². The smallest absolute Gasteiger partial charge is 0.388 e. The average molecular weight is 226 g/mol. The minimum Gasteiger partial charge on any atom is -0.388 e. The maximum absolute atomic E-state index is 11.6. The average Bonchev–Trinajstić information content (AvgIpc) is 2.59. The number of rotatable bonds is 5. The van der Waals surface area contributed by atoms with Gasteiger partial charge in [0.2, 0.25) is 5.89 Å². The van der Waals surface area contributed by atoms with Crippen molar-refractivity contribution < 1.29 is 27.5 Å². The summed E-state index contributed by atoms with van der Waals surface area (Å²) in [6.07, 6.45) is -4.24. The van der Waals surface area contributed by atoms with Crippen molar-refractivity contribution in [2.45, 2.75) is 19.2 Å². The molecule has 1 rings (SSSR count). The maximum atomic E-state index is 11.6. The fraction of sp³-hybridized carbons (Fsp3) is 0.714. The van der Waals surface area contributed by atoms with Gasteiger partial charge < -0.3 is 14.4 Å². The zero-order valence-corrected chi connectivity index (χ0v) is 7.62. The molecule has 0 fully saturated rings. The first kappa shape index (κ1) is 11.9. The summed E-state index contributed by atoms with van der Waals surface area (Å²) in [7, 11) is 0. The predicted octanol–water partition coefficient (Wildman–Crippen LogP) is 0.683. The molecule has 0 amide bonds. The Balaban J connectivity index is 2.20. The van der Waals surface area contributed by atoms with Crippen molar-refractivity contribution >= 4 is 0 Å². The van der Waals surface area contributed by atoms with Crippen LogP contribution in [-0.2, 0) is 17.8 Å². The Morgan fingerprint density at radius 1 is 1.40 bits per heavy atom. The van der Waals surface area contributed by atoms with Gasteiger partial charge in [-0.1, -0.05) is 5.16 Å². The number of aliphatic hydroxyl groups excluding tert-OH is 1. The van der Waals surface area contributed by atoms with Crippen molar-refractivity contribution in [2.24, 2.45) is 0 Å². The third-order valence-corrected chi connectivity index (χ3v) is 1.38. The first-order chi connectivity index (χ1) is 7.01. The van der Waals surface area contributed by atoms with E-state index in [9.17, 15) is 13.2 Å². The summed E-state index contributed by atoms with van der Waals surface area (Å²) in [6, 6.07) is 0. The molecule has 8 heteroatoms. The van der Waals surface area contributed by atoms with Crippen LogP contribution in [0.4, 0.5) is 13.2 Å². The lowest BCUT2D eigenvalue weighted by Gasteiger charge is -2.05. The molecule has 0 aromatic carbocycles. The number of hydrogen-bond acceptors (Lipinski definition) is 5. The van der Waals surface area contributed by atoms with E-state index in [0.29, 0.717) is 0 Å². The van der Waals surface area contributed by atoms with Crippen molar-refractivity contribution in [3.8, 4) is 0 Å². The second-order valence-electron chi connectivity index (χ2n) is 2.68. The molecule has 0 spiro atoms. The first-order valence-electron chi connectivity index (χ1n) is 4.08. The highest BCUT2D eigenvalue weighted by Gasteiger charge is 2.27. The fourth-order valence-electron chi connectivity index (χ4n) is 0.803. The van der Waals surface area contributed by atoms with Crippen molar-refractivity contribution in [3.63, 3.8) is 0 Å². The quantitative estimate of drug-likeness (QED) is 0.748. The Hall–Kier alpha value is -1.15. The van der Waals surface area contributed by atoms with E-state index in [0.717, 1.165) is 0 Å². The molecule has 0 atom stereocenters. The van der Waals surface area contributed by atoms with Gasteiger partial charge in [0, 0.05) is 0 Å². The monoisotopic (exact) mass is 226 g/mol. The molecule has 0 bridgehead atoms. The third-order valence-electron chi connectivity index (χ3n) is 1.38. The molecular formula is C7H9F3N2O3. The van der Waals surface area contributed by atoms with Crippen molar-refractivity contribution in [1.29, 1.82) is 0 Å². The topological polar surface area (TPSA) is 68.4 Å². The molecule has 1 heterocycles. The summed E-state index contributed by atoms with van der Waals surface area (Å²) in [5.74, 6) is 0.238. The Morgan fingerprint density at radius 2 is 2.13 bits per heavy atom. The summed E-state index contributed by atoms with van der Waals surface area (Å²) in [4.78, 5) is 3.67. The molecule has 1 aromatic rings. The molecule has 1 N–H and O–H groups in total. The van der Waals surface area contributed by atoms with Crippen LogP contribution in [0.25, 0.3) is 0 Å². The Morgan fingerprint density at radius 3 is 2.67 bits per heavy atom. The third kappa shape index (κ3) is 4.75. The van der Waals surface area contributed by atoms with Crippen LogP contribution in [0.2, 0.25) is 0 Å². The highest BCUT2D eigenvalue weighted by molar-refractivity contribution is 4.83. The van der Waals surface area contributed by atoms with Gasteiger partial charge in [-0.2, -0.15) is 18.2 Å². The van der Waals surface area contributed by atoms with Crippen molar-refractivity contribution in [1.82, 2.24) is 10.1 Å². The van der Waals surface area contributed by atoms with Crippen molar-refractivity contribution in [3.05, 3.63) is 11.7 Å². The van der Waals surface area contributed by atoms with E-state index in [2.05, 4.69) is 19.4 Å². The van der Waals surface area contributed by atoms with Gasteiger partial charge in [-0.05, 0) is 0 Å². The number of alkyl halides is 3. The summed E-state index contributed by atoms with van der Waals surface area (Å²) >= 11 is 0. The molecule has 0 saturated heterocycles. The minimum atomic E-state index is -4.33. The fourth-order valence-corrected chi connectivity index (χ4v) is 0.803. The van der Waals surface area contributed by atoms with Gasteiger partial charge in [-0.25, -0.2) is 0 Å². The van der Waals surface area contributed by atoms with Crippen LogP contribution in [-0.4, -0.2) is 34.6 Å². The van der Waals surface area contributed by atoms with Gasteiger partial charge in [0.05, 0.1) is 13.0 Å². The molecule has 0 unspecified atom stereocenters. The van der Waals surface area contributed by atoms with E-state index in [-0.39, 0.29) is 31.3 Å². The van der Waals surface area contributed by atoms with E-state index in [4.69, 9.17) is 5.11 Å². The van der Waals surface area contributed by atoms with Gasteiger partial charge >= 0.3 is 6.18 Å². The van der Waals surface area contributed by atoms with Crippen LogP contribution in [0, 0.1) is 0 Å². The summed E-state index contributed by atoms with van der Waals surface area (Å²) in [6.45, 7) is -1.83. The van der Waals surface area contributed by atoms with Crippen LogP contribution < -0.4 is 0 Å². The molecule has 0 saturated carbocycles. The van der Waals surface area contributed by atoms with E-state index in [1.54, 1.807) is 0 Å². The molecule has 1 aromatic heterocycles. The SMILES string of the molecule is OCc1noc(CCOCC(F)(F)F)n1. The molecule has 0 radical (unpaired) electrons. The van der Waals surface area contributed by atoms with Gasteiger partial charge in [-0.15, -0.1) is 0 Å². The zero-order chi connectivity index (χ0) is 11.3. The molecular weight excluding hydrogens is 217 g/mol. The molecule has 15 heavy (non-hydrogen) atoms. The lowest BCUT2D eigenvalue weighted by molar-refractivity contribution is -0.173. The summed E-state index contributed by atoms with van der Waals surface area (Å²) in [5.41, 5.74) is 0. The Bertz CT molecular complexity index is 300. The van der Waals surface area contributed by atoms with Crippen LogP contribution in [0.3, 0.4) is 0 Å². The normalized spacial score (nSPS) is 12.0. The van der Waals surface area contributed by atoms with Gasteiger partial charge in [0.1, 0.15) is 13.2 Å². The number of ether oxygens (including phenoxy) is 1. The Kier molecular flexibility index (Phi) is 4.04. The lowest BCUT2D eigenvalue weighted by Crippen LogP contribution is -2.18. The molecule has 5 nitrogen and oxygen atoms in total. The van der Waals surface area contributed by atoms with Crippen LogP contribution >= 0.6 is 0 Å². The van der Waals surface area contributed by atoms with Crippen molar-refractivity contribution in [2.75, 3.05) is 13.2 Å². The van der Waals surface area contributed by atoms with E-state index in [1.807, 2.05) is 0 Å². The second-order valence-corrected chi connectivity index (χ2v) is 2.68. The van der Waals surface area contributed by atoms with Gasteiger partial charge in [-0.3, -0.25) is 0 Å². The number of nitrogens with zero attached hydrogens (tertiary/aromatic N) is 2. The highest BCUT2D eigenvalue weighted by Crippen LogP contribution is 2.14. The second kappa shape index (κ2) is 5.08. The summed E-state index contributed by atoms with van der Waals surface area (Å²) < 4.78 is 43.8. The first-order valence-corrected chi connectivity index (χ1v) is 4.08. The molecule has 0 aliphatic rings. The van der Waals surface area contributed by atoms with Crippen LogP contribution in [0.1, 0.15) is 11.7 Å². The van der Waals surface area contributed by atoms with Gasteiger partial charge in [0.15, 0.2) is 5.82 Å². The minimum absolute atomic E-state index is 0.0864. The number of aromatic nitrogens is 2. The lowest BCUT2D eigenvalue weighted by atomic mass is 10.4. The summed E-state index contributed by atoms with van der Waals surface area (Å²) in [5, 5.41) is 11.9. The number of aliphatic hydroxyl groups is 1. The Labute approximate surface area is 82.8 Å². The number of hydrogen-bond donors (Lipinski definition) is 1. The largest absolute Gasteiger partial charge is 0.411 e. The zero-order valence-electron chi connectivity index (χ0n) is 7.62. The maximum Gasteiger partial charge on any atom is 0.411 e.